The third-order valence-corrected chi connectivity index (χ3v) is 5.05. The molecule has 0 atom stereocenters. The second-order valence-electron chi connectivity index (χ2n) is 6.14. The summed E-state index contributed by atoms with van der Waals surface area (Å²) in [5, 5.41) is 2.32. The Morgan fingerprint density at radius 1 is 0.769 bits per heavy atom. The van der Waals surface area contributed by atoms with Crippen molar-refractivity contribution in [1.82, 2.24) is 14.5 Å². The number of pyridine rings is 2. The minimum atomic E-state index is 0.903. The van der Waals surface area contributed by atoms with Crippen LogP contribution in [0.4, 0.5) is 0 Å². The minimum absolute atomic E-state index is 0.903. The number of nitrogens with zero attached hydrogens (tertiary/aromatic N) is 3. The number of hydrogen-bond acceptors (Lipinski definition) is 2. The number of para-hydroxylation sites is 1. The predicted octanol–water partition coefficient (Wildman–Crippen LogP) is 6.00. The first-order valence-corrected chi connectivity index (χ1v) is 9.17. The van der Waals surface area contributed by atoms with Crippen LogP contribution in [0.15, 0.2) is 89.7 Å². The van der Waals surface area contributed by atoms with E-state index in [0.29, 0.717) is 0 Å². The third-order valence-electron chi connectivity index (χ3n) is 4.56. The molecule has 0 amide bonds. The molecule has 3 aromatic heterocycles. The molecule has 0 aliphatic carbocycles. The molecule has 0 N–H and O–H groups in total. The molecule has 124 valence electrons. The molecule has 0 bridgehead atoms. The Morgan fingerprint density at radius 3 is 2.54 bits per heavy atom. The summed E-state index contributed by atoms with van der Waals surface area (Å²) >= 11 is 3.54. The highest BCUT2D eigenvalue weighted by molar-refractivity contribution is 9.10. The van der Waals surface area contributed by atoms with Gasteiger partial charge in [-0.3, -0.25) is 9.55 Å². The number of fused-ring (bicyclic) bond motifs is 3. The van der Waals surface area contributed by atoms with E-state index in [1.165, 1.54) is 5.39 Å². The van der Waals surface area contributed by atoms with Crippen LogP contribution in [0.5, 0.6) is 0 Å². The van der Waals surface area contributed by atoms with Gasteiger partial charge in [0.15, 0.2) is 0 Å². The average molecular weight is 400 g/mol. The van der Waals surface area contributed by atoms with Crippen LogP contribution in [0, 0.1) is 0 Å². The molecule has 0 radical (unpaired) electrons. The molecule has 3 heterocycles. The molecule has 0 aliphatic heterocycles. The molecule has 26 heavy (non-hydrogen) atoms. The maximum atomic E-state index is 4.95. The molecule has 0 unspecified atom stereocenters. The highest BCUT2D eigenvalue weighted by Crippen LogP contribution is 2.31. The Hall–Kier alpha value is -2.98. The van der Waals surface area contributed by atoms with Gasteiger partial charge in [0.25, 0.3) is 0 Å². The topological polar surface area (TPSA) is 30.7 Å². The first-order chi connectivity index (χ1) is 12.8. The first kappa shape index (κ1) is 15.3. The molecule has 5 aromatic rings. The van der Waals surface area contributed by atoms with Crippen LogP contribution in [-0.4, -0.2) is 14.5 Å². The zero-order chi connectivity index (χ0) is 17.5. The van der Waals surface area contributed by atoms with Crippen LogP contribution in [0.25, 0.3) is 38.9 Å². The molecule has 4 heteroatoms. The van der Waals surface area contributed by atoms with Gasteiger partial charge >= 0.3 is 0 Å². The summed E-state index contributed by atoms with van der Waals surface area (Å²) in [4.78, 5) is 9.25. The summed E-state index contributed by atoms with van der Waals surface area (Å²) in [6.45, 7) is 0. The van der Waals surface area contributed by atoms with Crippen molar-refractivity contribution in [2.45, 2.75) is 0 Å². The maximum absolute atomic E-state index is 4.95. The molecule has 0 fully saturated rings. The molecular weight excluding hydrogens is 386 g/mol. The molecule has 0 aliphatic rings. The van der Waals surface area contributed by atoms with E-state index < -0.39 is 0 Å². The summed E-state index contributed by atoms with van der Waals surface area (Å²) < 4.78 is 3.25. The Morgan fingerprint density at radius 2 is 1.62 bits per heavy atom. The van der Waals surface area contributed by atoms with Gasteiger partial charge in [-0.15, -0.1) is 0 Å². The van der Waals surface area contributed by atoms with Crippen molar-refractivity contribution in [3.8, 4) is 17.1 Å². The van der Waals surface area contributed by atoms with Crippen LogP contribution < -0.4 is 0 Å². The lowest BCUT2D eigenvalue weighted by molar-refractivity contribution is 1.08. The van der Waals surface area contributed by atoms with Crippen molar-refractivity contribution < 1.29 is 0 Å². The molecule has 3 nitrogen and oxygen atoms in total. The van der Waals surface area contributed by atoms with Gasteiger partial charge in [-0.05, 0) is 36.4 Å². The van der Waals surface area contributed by atoms with E-state index in [2.05, 4.69) is 67.9 Å². The van der Waals surface area contributed by atoms with Crippen LogP contribution in [0.1, 0.15) is 0 Å². The number of hydrogen-bond donors (Lipinski definition) is 0. The third kappa shape index (κ3) is 2.42. The SMILES string of the molecule is Brc1cccc(-c2cccc(-n3c4ccccc4c4cnccc43)n2)c1. The van der Waals surface area contributed by atoms with E-state index in [0.717, 1.165) is 38.0 Å². The van der Waals surface area contributed by atoms with Crippen molar-refractivity contribution in [2.75, 3.05) is 0 Å². The Labute approximate surface area is 159 Å². The van der Waals surface area contributed by atoms with Gasteiger partial charge < -0.3 is 0 Å². The fraction of sp³-hybridized carbons (Fsp3) is 0. The van der Waals surface area contributed by atoms with E-state index in [4.69, 9.17) is 4.98 Å². The smallest absolute Gasteiger partial charge is 0.138 e. The highest BCUT2D eigenvalue weighted by Gasteiger charge is 2.13. The second kappa shape index (κ2) is 6.07. The van der Waals surface area contributed by atoms with Crippen LogP contribution >= 0.6 is 15.9 Å². The summed E-state index contributed by atoms with van der Waals surface area (Å²) in [6, 6.07) is 24.8. The lowest BCUT2D eigenvalue weighted by Gasteiger charge is -2.09. The molecule has 0 spiro atoms. The number of aromatic nitrogens is 3. The van der Waals surface area contributed by atoms with Gasteiger partial charge in [-0.25, -0.2) is 4.98 Å². The van der Waals surface area contributed by atoms with Gasteiger partial charge in [0.2, 0.25) is 0 Å². The van der Waals surface area contributed by atoms with Gasteiger partial charge in [0.05, 0.1) is 16.7 Å². The molecule has 5 rings (SSSR count). The van der Waals surface area contributed by atoms with E-state index in [-0.39, 0.29) is 0 Å². The van der Waals surface area contributed by atoms with Crippen LogP contribution in [-0.2, 0) is 0 Å². The van der Waals surface area contributed by atoms with Crippen molar-refractivity contribution in [2.24, 2.45) is 0 Å². The second-order valence-corrected chi connectivity index (χ2v) is 7.05. The molecular formula is C22H14BrN3. The van der Waals surface area contributed by atoms with Gasteiger partial charge in [-0.2, -0.15) is 0 Å². The fourth-order valence-electron chi connectivity index (χ4n) is 3.42. The van der Waals surface area contributed by atoms with Gasteiger partial charge in [-0.1, -0.05) is 52.3 Å². The van der Waals surface area contributed by atoms with E-state index in [1.54, 1.807) is 0 Å². The van der Waals surface area contributed by atoms with E-state index in [1.807, 2.05) is 42.7 Å². The molecule has 0 saturated heterocycles. The van der Waals surface area contributed by atoms with Crippen molar-refractivity contribution in [1.29, 1.82) is 0 Å². The Balaban J connectivity index is 1.79. The Bertz CT molecular complexity index is 1200. The number of benzene rings is 2. The van der Waals surface area contributed by atoms with Crippen LogP contribution in [0.2, 0.25) is 0 Å². The zero-order valence-corrected chi connectivity index (χ0v) is 15.4. The number of halogens is 1. The van der Waals surface area contributed by atoms with Crippen molar-refractivity contribution in [3.05, 3.63) is 89.7 Å². The summed E-state index contributed by atoms with van der Waals surface area (Å²) in [7, 11) is 0. The monoisotopic (exact) mass is 399 g/mol. The average Bonchev–Trinajstić information content (AvgIpc) is 3.03. The fourth-order valence-corrected chi connectivity index (χ4v) is 3.82. The summed E-state index contributed by atoms with van der Waals surface area (Å²) in [6.07, 6.45) is 3.75. The molecule has 0 saturated carbocycles. The summed E-state index contributed by atoms with van der Waals surface area (Å²) in [5.41, 5.74) is 4.28. The van der Waals surface area contributed by atoms with E-state index >= 15 is 0 Å². The number of rotatable bonds is 2. The van der Waals surface area contributed by atoms with Crippen molar-refractivity contribution >= 4 is 37.7 Å². The Kier molecular flexibility index (Phi) is 3.57. The highest BCUT2D eigenvalue weighted by atomic mass is 79.9. The zero-order valence-electron chi connectivity index (χ0n) is 13.8. The van der Waals surface area contributed by atoms with Crippen molar-refractivity contribution in [3.63, 3.8) is 0 Å². The largest absolute Gasteiger partial charge is 0.294 e. The maximum Gasteiger partial charge on any atom is 0.138 e. The first-order valence-electron chi connectivity index (χ1n) is 8.38. The normalized spacial score (nSPS) is 11.3. The lowest BCUT2D eigenvalue weighted by atomic mass is 10.1. The standard InChI is InChI=1S/C22H14BrN3/c23-16-6-3-5-15(13-16)19-8-4-10-22(25-19)26-20-9-2-1-7-17(20)18-14-24-12-11-21(18)26/h1-14H. The lowest BCUT2D eigenvalue weighted by Crippen LogP contribution is -1.98. The summed E-state index contributed by atoms with van der Waals surface area (Å²) in [5.74, 6) is 0.903. The van der Waals surface area contributed by atoms with Gasteiger partial charge in [0.1, 0.15) is 5.82 Å². The van der Waals surface area contributed by atoms with Crippen LogP contribution in [0.3, 0.4) is 0 Å². The molecule has 2 aromatic carbocycles. The minimum Gasteiger partial charge on any atom is -0.294 e. The van der Waals surface area contributed by atoms with E-state index in [9.17, 15) is 0 Å². The van der Waals surface area contributed by atoms with Gasteiger partial charge in [0, 0.05) is 33.2 Å². The predicted molar refractivity (Wildman–Crippen MR) is 110 cm³/mol. The quantitative estimate of drug-likeness (QED) is 0.364.